The van der Waals surface area contributed by atoms with E-state index in [2.05, 4.69) is 0 Å². The Morgan fingerprint density at radius 3 is 1.76 bits per heavy atom. The van der Waals surface area contributed by atoms with Crippen LogP contribution in [0.2, 0.25) is 0 Å². The molecule has 0 heterocycles. The first-order valence-corrected chi connectivity index (χ1v) is 6.65. The molecule has 1 aliphatic rings. The van der Waals surface area contributed by atoms with Crippen molar-refractivity contribution in [2.45, 2.75) is 13.8 Å². The Hall–Kier alpha value is 0.0642. The Kier molecular flexibility index (Phi) is 6.88. The fourth-order valence-corrected chi connectivity index (χ4v) is 2.38. The van der Waals surface area contributed by atoms with Crippen LogP contribution in [-0.4, -0.2) is 94.9 Å². The van der Waals surface area contributed by atoms with Crippen molar-refractivity contribution in [3.05, 3.63) is 33.0 Å². The van der Waals surface area contributed by atoms with E-state index < -0.39 is 25.9 Å². The zero-order valence-corrected chi connectivity index (χ0v) is 12.5. The monoisotopic (exact) mass is 245 g/mol. The molecule has 1 aliphatic carbocycles. The second kappa shape index (κ2) is 7.56. The van der Waals surface area contributed by atoms with Crippen molar-refractivity contribution in [2.24, 2.45) is 0 Å². The zero-order chi connectivity index (χ0) is 16.5. The Morgan fingerprint density at radius 2 is 1.43 bits per heavy atom. The van der Waals surface area contributed by atoms with Gasteiger partial charge in [0.1, 0.15) is 7.85 Å². The highest BCUT2D eigenvalue weighted by atomic mass is 14.3. The summed E-state index contributed by atoms with van der Waals surface area (Å²) in [6, 6.07) is 0. The summed E-state index contributed by atoms with van der Waals surface area (Å²) in [5.41, 5.74) is 3.97. The maximum Gasteiger partial charge on any atom is 0.108 e. The Bertz CT molecular complexity index is 496. The second-order valence-corrected chi connectivity index (χ2v) is 5.29. The summed E-state index contributed by atoms with van der Waals surface area (Å²) < 4.78 is 0. The Balaban J connectivity index is 3.49. The van der Waals surface area contributed by atoms with Gasteiger partial charge in [0.2, 0.25) is 0 Å². The van der Waals surface area contributed by atoms with E-state index in [0.29, 0.717) is 10.8 Å². The van der Waals surface area contributed by atoms with Crippen molar-refractivity contribution in [2.75, 3.05) is 0 Å². The number of hydrogen-bond acceptors (Lipinski definition) is 0. The topological polar surface area (TPSA) is 0 Å². The van der Waals surface area contributed by atoms with Crippen molar-refractivity contribution in [1.82, 2.24) is 0 Å². The normalized spacial score (nSPS) is 20.3. The molecule has 1 saturated carbocycles. The average Bonchev–Trinajstić information content (AvgIpc) is 3.11. The highest BCUT2D eigenvalue weighted by Crippen LogP contribution is 2.50. The van der Waals surface area contributed by atoms with Crippen molar-refractivity contribution in [3.63, 3.8) is 0 Å². The molecule has 0 aromatic heterocycles. The minimum atomic E-state index is -0.753. The molecule has 1 rings (SSSR count). The van der Waals surface area contributed by atoms with Gasteiger partial charge in [0.15, 0.2) is 0 Å². The summed E-state index contributed by atoms with van der Waals surface area (Å²) in [5, 5.41) is 0.615. The third-order valence-electron chi connectivity index (χ3n) is 3.61. The van der Waals surface area contributed by atoms with E-state index in [4.69, 9.17) is 62.0 Å². The van der Waals surface area contributed by atoms with Crippen molar-refractivity contribution in [3.8, 4) is 0 Å². The Labute approximate surface area is 142 Å². The highest BCUT2D eigenvalue weighted by molar-refractivity contribution is 7.68. The summed E-state index contributed by atoms with van der Waals surface area (Å²) in [6.45, 7) is 1.81. The number of hydrogen-bond donors (Lipinski definition) is 0. The van der Waals surface area contributed by atoms with E-state index in [1.165, 1.54) is 7.06 Å². The predicted molar refractivity (Wildman–Crippen MR) is 107 cm³/mol. The highest BCUT2D eigenvalue weighted by Gasteiger charge is 2.38. The molecule has 0 unspecified atom stereocenters. The summed E-state index contributed by atoms with van der Waals surface area (Å²) in [5.74, 6) is 0. The lowest BCUT2D eigenvalue weighted by Crippen LogP contribution is -2.39. The molecule has 13 heteroatoms. The van der Waals surface area contributed by atoms with E-state index >= 15 is 0 Å². The van der Waals surface area contributed by atoms with Crippen molar-refractivity contribution in [1.29, 1.82) is 0 Å². The SMILES string of the molecule is [B][B]B([B])C(B([B])[B])=C1C(=C([B])C)C1=C(C)B([B])B([B])[B]. The molecule has 0 N–H and O–H groups in total. The van der Waals surface area contributed by atoms with Gasteiger partial charge in [-0.2, -0.15) is 5.37 Å². The lowest BCUT2D eigenvalue weighted by molar-refractivity contribution is 1.60. The summed E-state index contributed by atoms with van der Waals surface area (Å²) in [7, 11) is 47.6. The smallest absolute Gasteiger partial charge is 0.108 e. The van der Waals surface area contributed by atoms with Gasteiger partial charge in [0.25, 0.3) is 0 Å². The number of rotatable bonds is 5. The van der Waals surface area contributed by atoms with Crippen LogP contribution < -0.4 is 0 Å². The average molecular weight is 243 g/mol. The molecule has 0 spiro atoms. The number of allylic oxidation sites excluding steroid dienone is 5. The van der Waals surface area contributed by atoms with Gasteiger partial charge in [0.05, 0.1) is 19.5 Å². The fourth-order valence-electron chi connectivity index (χ4n) is 2.38. The van der Waals surface area contributed by atoms with Crippen LogP contribution in [0, 0.1) is 0 Å². The van der Waals surface area contributed by atoms with Gasteiger partial charge in [-0.3, -0.25) is 0 Å². The molecule has 17 radical (unpaired) electrons. The molecule has 0 aliphatic heterocycles. The molecular weight excluding hydrogens is 237 g/mol. The first-order valence-electron chi connectivity index (χ1n) is 6.65. The van der Waals surface area contributed by atoms with Gasteiger partial charge in [-0.25, -0.2) is 0 Å². The van der Waals surface area contributed by atoms with Gasteiger partial charge in [-0.15, -0.1) is 10.9 Å². The molecule has 0 nitrogen and oxygen atoms in total. The van der Waals surface area contributed by atoms with Crippen LogP contribution in [0.4, 0.5) is 0 Å². The van der Waals surface area contributed by atoms with Crippen LogP contribution in [0.5, 0.6) is 0 Å². The molecule has 0 aromatic rings. The maximum atomic E-state index is 5.99. The van der Waals surface area contributed by atoms with Crippen molar-refractivity contribution >= 4 is 94.9 Å². The van der Waals surface area contributed by atoms with Gasteiger partial charge < -0.3 is 0 Å². The summed E-state index contributed by atoms with van der Waals surface area (Å²) >= 11 is 0. The standard InChI is InChI=1S/C8H6B13/c1-3(9)5-6(4(2)20(14)21(15)16)7(5)8(18(11)12)19(13)17-10/h1-2H3. The minimum Gasteiger partial charge on any atom is -0.157 e. The predicted octanol–water partition coefficient (Wildman–Crippen LogP) is -2.99. The molecule has 0 aromatic carbocycles. The third kappa shape index (κ3) is 4.08. The van der Waals surface area contributed by atoms with E-state index in [0.717, 1.165) is 22.2 Å². The van der Waals surface area contributed by atoms with Crippen LogP contribution in [0.25, 0.3) is 0 Å². The summed E-state index contributed by atoms with van der Waals surface area (Å²) in [6.07, 6.45) is -0.677. The van der Waals surface area contributed by atoms with Gasteiger partial charge in [-0.05, 0) is 16.7 Å². The zero-order valence-electron chi connectivity index (χ0n) is 12.5. The van der Waals surface area contributed by atoms with Crippen LogP contribution in [-0.2, 0) is 0 Å². The van der Waals surface area contributed by atoms with Crippen LogP contribution >= 0.6 is 0 Å². The molecule has 1 fully saturated rings. The molecule has 77 valence electrons. The van der Waals surface area contributed by atoms with Gasteiger partial charge in [0, 0.05) is 67.6 Å². The molecule has 21 heavy (non-hydrogen) atoms. The molecule has 0 saturated heterocycles. The first-order chi connectivity index (χ1) is 9.64. The lowest BCUT2D eigenvalue weighted by Gasteiger charge is -2.16. The molecule has 0 atom stereocenters. The van der Waals surface area contributed by atoms with E-state index in [9.17, 15) is 0 Å². The van der Waals surface area contributed by atoms with E-state index in [1.54, 1.807) is 6.92 Å². The minimum absolute atomic E-state index is 0.500. The van der Waals surface area contributed by atoms with Gasteiger partial charge in [-0.1, -0.05) is 13.8 Å². The first kappa shape index (κ1) is 19.1. The van der Waals surface area contributed by atoms with Crippen LogP contribution in [0.3, 0.4) is 0 Å². The fraction of sp³-hybridized carbons (Fsp3) is 0.250. The maximum absolute atomic E-state index is 5.99. The molecule has 0 amide bonds. The molecular formula is C8H6B13. The largest absolute Gasteiger partial charge is 0.157 e. The van der Waals surface area contributed by atoms with Crippen molar-refractivity contribution < 1.29 is 0 Å². The quantitative estimate of drug-likeness (QED) is 0.451. The molecule has 0 bridgehead atoms. The second-order valence-electron chi connectivity index (χ2n) is 5.29. The van der Waals surface area contributed by atoms with Gasteiger partial charge >= 0.3 is 0 Å². The summed E-state index contributed by atoms with van der Waals surface area (Å²) in [4.78, 5) is 0. The third-order valence-corrected chi connectivity index (χ3v) is 3.61. The van der Waals surface area contributed by atoms with E-state index in [1.807, 2.05) is 6.92 Å². The van der Waals surface area contributed by atoms with Crippen LogP contribution in [0.15, 0.2) is 33.0 Å². The lowest BCUT2D eigenvalue weighted by atomic mass is 8.86. The van der Waals surface area contributed by atoms with E-state index in [-0.39, 0.29) is 0 Å². The Morgan fingerprint density at radius 1 is 0.905 bits per heavy atom. The van der Waals surface area contributed by atoms with Crippen LogP contribution in [0.1, 0.15) is 13.8 Å².